The van der Waals surface area contributed by atoms with E-state index in [1.807, 2.05) is 23.1 Å². The Hall–Kier alpha value is -2.67. The van der Waals surface area contributed by atoms with Gasteiger partial charge in [-0.15, -0.1) is 0 Å². The van der Waals surface area contributed by atoms with E-state index in [2.05, 4.69) is 14.8 Å². The molecule has 5 rings (SSSR count). The molecule has 2 aliphatic heterocycles. The summed E-state index contributed by atoms with van der Waals surface area (Å²) in [6, 6.07) is 10.5. The first-order valence-corrected chi connectivity index (χ1v) is 14.9. The first-order chi connectivity index (χ1) is 18.5. The number of fused-ring (bicyclic) bond motifs is 1. The SMILES string of the molecule is CS(=O)(=O)Oc1cccc2ccc(CN3CCC(N4CCN(c5ncc(C(F)(F)F)cc5Cl)CC4)CC3)nc12. The van der Waals surface area contributed by atoms with Gasteiger partial charge < -0.3 is 9.08 Å². The largest absolute Gasteiger partial charge is 0.417 e. The third-order valence-electron chi connectivity index (χ3n) is 7.20. The number of pyridine rings is 2. The molecular weight excluding hydrogens is 555 g/mol. The van der Waals surface area contributed by atoms with Crippen LogP contribution < -0.4 is 9.08 Å². The molecule has 0 saturated carbocycles. The molecule has 13 heteroatoms. The molecule has 8 nitrogen and oxygen atoms in total. The van der Waals surface area contributed by atoms with Gasteiger partial charge in [-0.3, -0.25) is 9.80 Å². The van der Waals surface area contributed by atoms with Gasteiger partial charge in [0.25, 0.3) is 0 Å². The van der Waals surface area contributed by atoms with Crippen LogP contribution in [-0.2, 0) is 22.8 Å². The Labute approximate surface area is 230 Å². The molecule has 1 aromatic carbocycles. The summed E-state index contributed by atoms with van der Waals surface area (Å²) >= 11 is 6.14. The second-order valence-electron chi connectivity index (χ2n) is 9.98. The van der Waals surface area contributed by atoms with E-state index in [-0.39, 0.29) is 10.8 Å². The van der Waals surface area contributed by atoms with E-state index >= 15 is 0 Å². The fraction of sp³-hybridized carbons (Fsp3) is 0.462. The van der Waals surface area contributed by atoms with E-state index in [1.54, 1.807) is 12.1 Å². The van der Waals surface area contributed by atoms with Crippen LogP contribution in [0.1, 0.15) is 24.1 Å². The Bertz CT molecular complexity index is 1440. The number of likely N-dealkylation sites (tertiary alicyclic amines) is 1. The van der Waals surface area contributed by atoms with Crippen molar-refractivity contribution in [2.45, 2.75) is 31.6 Å². The van der Waals surface area contributed by atoms with Gasteiger partial charge in [0.15, 0.2) is 5.75 Å². The van der Waals surface area contributed by atoms with Gasteiger partial charge in [-0.05, 0) is 31.0 Å². The maximum atomic E-state index is 12.9. The first kappa shape index (κ1) is 27.9. The highest BCUT2D eigenvalue weighted by molar-refractivity contribution is 7.86. The summed E-state index contributed by atoms with van der Waals surface area (Å²) in [5.74, 6) is 0.620. The molecular formula is C26H29ClF3N5O3S. The number of hydrogen-bond acceptors (Lipinski definition) is 8. The fourth-order valence-corrected chi connectivity index (χ4v) is 6.01. The number of halogens is 4. The Morgan fingerprint density at radius 2 is 1.77 bits per heavy atom. The van der Waals surface area contributed by atoms with Gasteiger partial charge in [0.1, 0.15) is 11.3 Å². The van der Waals surface area contributed by atoms with Crippen LogP contribution >= 0.6 is 11.6 Å². The minimum absolute atomic E-state index is 0.0175. The number of hydrogen-bond donors (Lipinski definition) is 0. The number of rotatable bonds is 6. The standard InChI is InChI=1S/C26H29ClF3N5O3S/c1-39(36,37)38-23-4-2-3-18-5-6-20(32-24(18)23)17-33-9-7-21(8-10-33)34-11-13-35(14-12-34)25-22(27)15-19(16-31-25)26(28,29)30/h2-6,15-16,21H,7-14,17H2,1H3. The van der Waals surface area contributed by atoms with Crippen LogP contribution in [0.25, 0.3) is 10.9 Å². The number of alkyl halides is 3. The van der Waals surface area contributed by atoms with Crippen LogP contribution in [0.15, 0.2) is 42.6 Å². The zero-order chi connectivity index (χ0) is 27.8. The number of nitrogens with zero attached hydrogens (tertiary/aromatic N) is 5. The molecule has 2 saturated heterocycles. The quantitative estimate of drug-likeness (QED) is 0.395. The maximum absolute atomic E-state index is 12.9. The number of para-hydroxylation sites is 1. The molecule has 0 aliphatic carbocycles. The van der Waals surface area contributed by atoms with Gasteiger partial charge in [-0.2, -0.15) is 21.6 Å². The van der Waals surface area contributed by atoms with Crippen molar-refractivity contribution >= 4 is 38.4 Å². The zero-order valence-electron chi connectivity index (χ0n) is 21.4. The van der Waals surface area contributed by atoms with E-state index in [9.17, 15) is 21.6 Å². The molecule has 2 fully saturated rings. The first-order valence-electron chi connectivity index (χ1n) is 12.7. The van der Waals surface area contributed by atoms with E-state index < -0.39 is 21.9 Å². The van der Waals surface area contributed by atoms with Crippen LogP contribution in [0, 0.1) is 0 Å². The Morgan fingerprint density at radius 3 is 2.41 bits per heavy atom. The Morgan fingerprint density at radius 1 is 1.05 bits per heavy atom. The van der Waals surface area contributed by atoms with Crippen LogP contribution in [0.4, 0.5) is 19.0 Å². The monoisotopic (exact) mass is 583 g/mol. The smallest absolute Gasteiger partial charge is 0.380 e. The van der Waals surface area contributed by atoms with Crippen LogP contribution in [0.3, 0.4) is 0 Å². The maximum Gasteiger partial charge on any atom is 0.417 e. The number of benzene rings is 1. The van der Waals surface area contributed by atoms with Gasteiger partial charge in [-0.25, -0.2) is 9.97 Å². The summed E-state index contributed by atoms with van der Waals surface area (Å²) in [5, 5.41) is 0.828. The summed E-state index contributed by atoms with van der Waals surface area (Å²) in [5.41, 5.74) is 0.527. The molecule has 39 heavy (non-hydrogen) atoms. The highest BCUT2D eigenvalue weighted by Crippen LogP contribution is 2.34. The predicted octanol–water partition coefficient (Wildman–Crippen LogP) is 4.43. The summed E-state index contributed by atoms with van der Waals surface area (Å²) in [6.07, 6.45) is -0.624. The van der Waals surface area contributed by atoms with E-state index in [0.29, 0.717) is 37.0 Å². The van der Waals surface area contributed by atoms with Crippen molar-refractivity contribution in [3.05, 3.63) is 58.9 Å². The molecule has 0 radical (unpaired) electrons. The molecule has 0 N–H and O–H groups in total. The lowest BCUT2D eigenvalue weighted by atomic mass is 10.0. The number of anilines is 1. The zero-order valence-corrected chi connectivity index (χ0v) is 22.9. The van der Waals surface area contributed by atoms with Crippen LogP contribution in [0.5, 0.6) is 5.75 Å². The molecule has 0 spiro atoms. The highest BCUT2D eigenvalue weighted by atomic mass is 35.5. The summed E-state index contributed by atoms with van der Waals surface area (Å²) in [6.45, 7) is 5.34. The van der Waals surface area contributed by atoms with E-state index in [1.165, 1.54) is 0 Å². The van der Waals surface area contributed by atoms with Crippen LogP contribution in [-0.4, -0.2) is 79.8 Å². The van der Waals surface area contributed by atoms with Crippen molar-refractivity contribution in [1.82, 2.24) is 19.8 Å². The van der Waals surface area contributed by atoms with Crippen molar-refractivity contribution in [2.24, 2.45) is 0 Å². The third kappa shape index (κ3) is 6.74. The van der Waals surface area contributed by atoms with Gasteiger partial charge in [0, 0.05) is 63.4 Å². The van der Waals surface area contributed by atoms with Gasteiger partial charge in [0.2, 0.25) is 0 Å². The average molecular weight is 584 g/mol. The molecule has 0 amide bonds. The molecule has 2 aromatic heterocycles. The van der Waals surface area contributed by atoms with Crippen molar-refractivity contribution in [3.8, 4) is 5.75 Å². The summed E-state index contributed by atoms with van der Waals surface area (Å²) in [4.78, 5) is 15.4. The topological polar surface area (TPSA) is 78.9 Å². The molecule has 0 unspecified atom stereocenters. The number of piperazine rings is 1. The average Bonchev–Trinajstić information content (AvgIpc) is 2.88. The molecule has 2 aliphatic rings. The van der Waals surface area contributed by atoms with Crippen molar-refractivity contribution in [2.75, 3.05) is 50.4 Å². The van der Waals surface area contributed by atoms with Gasteiger partial charge in [0.05, 0.1) is 22.5 Å². The lowest BCUT2D eigenvalue weighted by Crippen LogP contribution is -2.53. The minimum atomic E-state index is -4.47. The third-order valence-corrected chi connectivity index (χ3v) is 7.96. The Kier molecular flexibility index (Phi) is 7.91. The molecule has 0 bridgehead atoms. The second kappa shape index (κ2) is 11.1. The van der Waals surface area contributed by atoms with E-state index in [0.717, 1.165) is 68.6 Å². The lowest BCUT2D eigenvalue weighted by molar-refractivity contribution is -0.137. The fourth-order valence-electron chi connectivity index (χ4n) is 5.27. The lowest BCUT2D eigenvalue weighted by Gasteiger charge is -2.43. The normalized spacial score (nSPS) is 18.5. The van der Waals surface area contributed by atoms with E-state index in [4.69, 9.17) is 20.8 Å². The number of aromatic nitrogens is 2. The van der Waals surface area contributed by atoms with Crippen LogP contribution in [0.2, 0.25) is 5.02 Å². The predicted molar refractivity (Wildman–Crippen MR) is 144 cm³/mol. The second-order valence-corrected chi connectivity index (χ2v) is 12.0. The minimum Gasteiger partial charge on any atom is -0.380 e. The number of piperidine rings is 1. The summed E-state index contributed by atoms with van der Waals surface area (Å²) < 4.78 is 67.2. The Balaban J connectivity index is 1.15. The van der Waals surface area contributed by atoms with Gasteiger partial charge in [-0.1, -0.05) is 29.8 Å². The van der Waals surface area contributed by atoms with Gasteiger partial charge >= 0.3 is 16.3 Å². The van der Waals surface area contributed by atoms with Crippen molar-refractivity contribution in [1.29, 1.82) is 0 Å². The van der Waals surface area contributed by atoms with Crippen molar-refractivity contribution in [3.63, 3.8) is 0 Å². The van der Waals surface area contributed by atoms with Crippen molar-refractivity contribution < 1.29 is 25.8 Å². The molecule has 4 heterocycles. The molecule has 0 atom stereocenters. The molecule has 210 valence electrons. The summed E-state index contributed by atoms with van der Waals surface area (Å²) in [7, 11) is -3.66. The molecule has 3 aromatic rings. The highest BCUT2D eigenvalue weighted by Gasteiger charge is 2.33.